The summed E-state index contributed by atoms with van der Waals surface area (Å²) in [6, 6.07) is 9.14. The molecule has 0 amide bonds. The molecule has 82 valence electrons. The van der Waals surface area contributed by atoms with E-state index < -0.39 is 0 Å². The number of nitrogens with two attached hydrogens (primary N) is 1. The molecule has 2 unspecified atom stereocenters. The first-order chi connectivity index (χ1) is 7.25. The third-order valence-corrected chi connectivity index (χ3v) is 3.30. The van der Waals surface area contributed by atoms with Gasteiger partial charge in [0.2, 0.25) is 0 Å². The zero-order valence-electron chi connectivity index (χ0n) is 9.37. The number of hydrogen-bond acceptors (Lipinski definition) is 2. The van der Waals surface area contributed by atoms with E-state index in [1.807, 2.05) is 0 Å². The normalized spacial score (nSPS) is 26.5. The standard InChI is InChI=1S/C13H20N2/c1-10-2-4-11(5-3-10)8-12-6-7-15-9-13(12)14/h2-5,12-13,15H,6-9,14H2,1H3. The van der Waals surface area contributed by atoms with E-state index in [9.17, 15) is 0 Å². The third-order valence-electron chi connectivity index (χ3n) is 3.30. The molecule has 0 radical (unpaired) electrons. The first kappa shape index (κ1) is 10.7. The lowest BCUT2D eigenvalue weighted by Gasteiger charge is -2.29. The van der Waals surface area contributed by atoms with Gasteiger partial charge in [-0.1, -0.05) is 29.8 Å². The smallest absolute Gasteiger partial charge is 0.0197 e. The van der Waals surface area contributed by atoms with Crippen LogP contribution in [0.4, 0.5) is 0 Å². The Labute approximate surface area is 91.9 Å². The Kier molecular flexibility index (Phi) is 3.39. The molecule has 0 spiro atoms. The molecule has 2 atom stereocenters. The summed E-state index contributed by atoms with van der Waals surface area (Å²) in [7, 11) is 0. The number of hydrogen-bond donors (Lipinski definition) is 2. The first-order valence-corrected chi connectivity index (χ1v) is 5.77. The Morgan fingerprint density at radius 3 is 2.73 bits per heavy atom. The maximum absolute atomic E-state index is 6.09. The Bertz CT molecular complexity index is 305. The van der Waals surface area contributed by atoms with Crippen LogP contribution in [-0.4, -0.2) is 19.1 Å². The monoisotopic (exact) mass is 204 g/mol. The Morgan fingerprint density at radius 2 is 2.07 bits per heavy atom. The quantitative estimate of drug-likeness (QED) is 0.765. The molecule has 1 heterocycles. The van der Waals surface area contributed by atoms with Gasteiger partial charge in [-0.15, -0.1) is 0 Å². The molecule has 1 aliphatic rings. The van der Waals surface area contributed by atoms with Gasteiger partial charge >= 0.3 is 0 Å². The number of aryl methyl sites for hydroxylation is 1. The van der Waals surface area contributed by atoms with Gasteiger partial charge in [-0.3, -0.25) is 0 Å². The zero-order chi connectivity index (χ0) is 10.7. The van der Waals surface area contributed by atoms with Gasteiger partial charge in [0, 0.05) is 12.6 Å². The molecular formula is C13H20N2. The predicted molar refractivity (Wildman–Crippen MR) is 63.8 cm³/mol. The molecule has 1 aromatic carbocycles. The maximum Gasteiger partial charge on any atom is 0.0197 e. The fourth-order valence-electron chi connectivity index (χ4n) is 2.22. The van der Waals surface area contributed by atoms with Crippen molar-refractivity contribution >= 4 is 0 Å². The van der Waals surface area contributed by atoms with E-state index >= 15 is 0 Å². The topological polar surface area (TPSA) is 38.0 Å². The van der Waals surface area contributed by atoms with Gasteiger partial charge in [-0.25, -0.2) is 0 Å². The summed E-state index contributed by atoms with van der Waals surface area (Å²) in [6.07, 6.45) is 2.33. The molecule has 15 heavy (non-hydrogen) atoms. The number of nitrogens with one attached hydrogen (secondary N) is 1. The van der Waals surface area contributed by atoms with Crippen molar-refractivity contribution < 1.29 is 0 Å². The lowest BCUT2D eigenvalue weighted by molar-refractivity contribution is 0.322. The van der Waals surface area contributed by atoms with Crippen molar-refractivity contribution in [2.24, 2.45) is 11.7 Å². The summed E-state index contributed by atoms with van der Waals surface area (Å²) >= 11 is 0. The molecular weight excluding hydrogens is 184 g/mol. The molecule has 3 N–H and O–H groups in total. The van der Waals surface area contributed by atoms with E-state index in [-0.39, 0.29) is 0 Å². The molecule has 1 aromatic rings. The van der Waals surface area contributed by atoms with Crippen molar-refractivity contribution in [2.45, 2.75) is 25.8 Å². The molecule has 2 rings (SSSR count). The summed E-state index contributed by atoms with van der Waals surface area (Å²) in [4.78, 5) is 0. The summed E-state index contributed by atoms with van der Waals surface area (Å²) in [6.45, 7) is 4.21. The molecule has 2 nitrogen and oxygen atoms in total. The number of benzene rings is 1. The van der Waals surface area contributed by atoms with Crippen LogP contribution in [0.1, 0.15) is 17.5 Å². The SMILES string of the molecule is Cc1ccc(CC2CCNCC2N)cc1. The van der Waals surface area contributed by atoms with E-state index in [1.165, 1.54) is 17.5 Å². The summed E-state index contributed by atoms with van der Waals surface area (Å²) < 4.78 is 0. The van der Waals surface area contributed by atoms with E-state index in [0.29, 0.717) is 12.0 Å². The van der Waals surface area contributed by atoms with Crippen molar-refractivity contribution in [3.05, 3.63) is 35.4 Å². The van der Waals surface area contributed by atoms with E-state index in [2.05, 4.69) is 36.5 Å². The lowest BCUT2D eigenvalue weighted by Crippen LogP contribution is -2.46. The highest BCUT2D eigenvalue weighted by Gasteiger charge is 2.21. The van der Waals surface area contributed by atoms with Gasteiger partial charge in [0.15, 0.2) is 0 Å². The Hall–Kier alpha value is -0.860. The number of rotatable bonds is 2. The third kappa shape index (κ3) is 2.80. The highest BCUT2D eigenvalue weighted by atomic mass is 14.9. The molecule has 1 saturated heterocycles. The van der Waals surface area contributed by atoms with Crippen LogP contribution in [0, 0.1) is 12.8 Å². The van der Waals surface area contributed by atoms with Gasteiger partial charge in [0.05, 0.1) is 0 Å². The largest absolute Gasteiger partial charge is 0.326 e. The zero-order valence-corrected chi connectivity index (χ0v) is 9.37. The average molecular weight is 204 g/mol. The Morgan fingerprint density at radius 1 is 1.33 bits per heavy atom. The van der Waals surface area contributed by atoms with Crippen molar-refractivity contribution in [2.75, 3.05) is 13.1 Å². The second-order valence-electron chi connectivity index (χ2n) is 4.61. The van der Waals surface area contributed by atoms with Crippen molar-refractivity contribution in [1.29, 1.82) is 0 Å². The first-order valence-electron chi connectivity index (χ1n) is 5.77. The van der Waals surface area contributed by atoms with Gasteiger partial charge in [-0.2, -0.15) is 0 Å². The van der Waals surface area contributed by atoms with Crippen LogP contribution in [-0.2, 0) is 6.42 Å². The second-order valence-corrected chi connectivity index (χ2v) is 4.61. The molecule has 1 fully saturated rings. The van der Waals surface area contributed by atoms with E-state index in [4.69, 9.17) is 5.73 Å². The lowest BCUT2D eigenvalue weighted by atomic mass is 9.87. The minimum absolute atomic E-state index is 0.319. The summed E-state index contributed by atoms with van der Waals surface area (Å²) in [5, 5.41) is 3.33. The molecule has 0 saturated carbocycles. The highest BCUT2D eigenvalue weighted by molar-refractivity contribution is 5.22. The minimum Gasteiger partial charge on any atom is -0.326 e. The average Bonchev–Trinajstić information content (AvgIpc) is 2.25. The summed E-state index contributed by atoms with van der Waals surface area (Å²) in [5.41, 5.74) is 8.84. The van der Waals surface area contributed by atoms with Crippen LogP contribution >= 0.6 is 0 Å². The highest BCUT2D eigenvalue weighted by Crippen LogP contribution is 2.17. The molecule has 0 aromatic heterocycles. The molecule has 0 bridgehead atoms. The minimum atomic E-state index is 0.319. The van der Waals surface area contributed by atoms with Crippen molar-refractivity contribution in [3.63, 3.8) is 0 Å². The summed E-state index contributed by atoms with van der Waals surface area (Å²) in [5.74, 6) is 0.647. The fourth-order valence-corrected chi connectivity index (χ4v) is 2.22. The van der Waals surface area contributed by atoms with Crippen molar-refractivity contribution in [3.8, 4) is 0 Å². The van der Waals surface area contributed by atoms with Crippen LogP contribution in [0.15, 0.2) is 24.3 Å². The van der Waals surface area contributed by atoms with Crippen LogP contribution in [0.5, 0.6) is 0 Å². The van der Waals surface area contributed by atoms with Crippen LogP contribution in [0.3, 0.4) is 0 Å². The van der Waals surface area contributed by atoms with Gasteiger partial charge in [0.25, 0.3) is 0 Å². The van der Waals surface area contributed by atoms with E-state index in [1.54, 1.807) is 0 Å². The van der Waals surface area contributed by atoms with E-state index in [0.717, 1.165) is 19.5 Å². The molecule has 1 aliphatic heterocycles. The van der Waals surface area contributed by atoms with Crippen LogP contribution < -0.4 is 11.1 Å². The maximum atomic E-state index is 6.09. The second kappa shape index (κ2) is 4.77. The van der Waals surface area contributed by atoms with Crippen molar-refractivity contribution in [1.82, 2.24) is 5.32 Å². The molecule has 2 heteroatoms. The van der Waals surface area contributed by atoms with Gasteiger partial charge in [0.1, 0.15) is 0 Å². The fraction of sp³-hybridized carbons (Fsp3) is 0.538. The van der Waals surface area contributed by atoms with Crippen LogP contribution in [0.25, 0.3) is 0 Å². The predicted octanol–water partition coefficient (Wildman–Crippen LogP) is 1.47. The number of piperidine rings is 1. The van der Waals surface area contributed by atoms with Gasteiger partial charge < -0.3 is 11.1 Å². The van der Waals surface area contributed by atoms with Gasteiger partial charge in [-0.05, 0) is 37.8 Å². The molecule has 0 aliphatic carbocycles. The van der Waals surface area contributed by atoms with Crippen LogP contribution in [0.2, 0.25) is 0 Å². The Balaban J connectivity index is 1.98.